The molecule has 0 radical (unpaired) electrons. The predicted molar refractivity (Wildman–Crippen MR) is 467 cm³/mol. The van der Waals surface area contributed by atoms with Gasteiger partial charge in [0.1, 0.15) is 0 Å². The molecule has 0 amide bonds. The number of aromatic nitrogens is 8. The van der Waals surface area contributed by atoms with Gasteiger partial charge in [-0.2, -0.15) is 4.98 Å². The lowest BCUT2D eigenvalue weighted by atomic mass is 9.98. The Balaban J connectivity index is 0.721. The minimum Gasteiger partial charge on any atom is -0.309 e. The molecule has 112 heavy (non-hydrogen) atoms. The molecule has 0 aliphatic rings. The van der Waals surface area contributed by atoms with Crippen molar-refractivity contribution in [1.82, 2.24) is 37.4 Å². The second-order valence-corrected chi connectivity index (χ2v) is 29.6. The van der Waals surface area contributed by atoms with Crippen molar-refractivity contribution >= 4 is 142 Å². The molecule has 0 bridgehead atoms. The Labute approximate surface area is 642 Å². The molecule has 0 unspecified atom stereocenters. The van der Waals surface area contributed by atoms with Crippen LogP contribution in [0.25, 0.3) is 221 Å². The zero-order valence-corrected chi connectivity index (χ0v) is 60.5. The summed E-state index contributed by atoms with van der Waals surface area (Å²) in [5.74, 6) is 1.37. The van der Waals surface area contributed by atoms with Gasteiger partial charge < -0.3 is 18.3 Å². The molecule has 8 nitrogen and oxygen atoms in total. The van der Waals surface area contributed by atoms with Gasteiger partial charge in [0.2, 0.25) is 5.95 Å². The third-order valence-corrected chi connectivity index (χ3v) is 23.6. The van der Waals surface area contributed by atoms with Crippen LogP contribution in [0.5, 0.6) is 0 Å². The van der Waals surface area contributed by atoms with Crippen LogP contribution in [0.4, 0.5) is 0 Å². The maximum absolute atomic E-state index is 5.98. The lowest BCUT2D eigenvalue weighted by Gasteiger charge is -2.14. The first kappa shape index (κ1) is 62.0. The van der Waals surface area contributed by atoms with Crippen LogP contribution in [0.2, 0.25) is 0 Å². The summed E-state index contributed by atoms with van der Waals surface area (Å²) >= 11 is 0. The van der Waals surface area contributed by atoms with Gasteiger partial charge in [-0.25, -0.2) is 4.98 Å². The van der Waals surface area contributed by atoms with Crippen LogP contribution >= 0.6 is 0 Å². The standard InChI is InChI=1S/C104H64N8/c1-5-23-73(24-6-1)107-91-37-19-14-31-77(91)82-57-65(41-49-95(82)107)69-45-53-99-86(61-69)87-62-70(66-42-50-96-83(58-66)78-32-15-20-38-92(78)108(96)74-25-7-2-8-26-74)46-54-100(87)111(99)103-81-35-13-18-36-90(81)105-104(106-103)112-101-55-47-71(67-43-51-97-84(59-67)79-33-16-21-39-93(79)109(97)75-27-9-3-10-28-75)63-88(101)89-64-72(48-56-102(89)112)68-44-52-98-85(60-68)80-34-17-22-40-94(80)110(98)76-29-11-4-12-30-76/h1-64H. The number of hydrogen-bond donors (Lipinski definition) is 0. The summed E-state index contributed by atoms with van der Waals surface area (Å²) in [4.78, 5) is 11.6. The Bertz CT molecular complexity index is 7620. The smallest absolute Gasteiger partial charge is 0.237 e. The number of benzene rings is 17. The lowest BCUT2D eigenvalue weighted by Crippen LogP contribution is -2.07. The molecule has 520 valence electrons. The molecule has 7 aromatic heterocycles. The summed E-state index contributed by atoms with van der Waals surface area (Å²) in [6, 6.07) is 142. The Morgan fingerprint density at radius 3 is 0.625 bits per heavy atom. The van der Waals surface area contributed by atoms with E-state index in [0.717, 1.165) is 128 Å². The minimum atomic E-state index is 0.577. The molecular weight excluding hydrogens is 1360 g/mol. The van der Waals surface area contributed by atoms with Crippen LogP contribution in [0.1, 0.15) is 0 Å². The van der Waals surface area contributed by atoms with Crippen molar-refractivity contribution in [3.63, 3.8) is 0 Å². The number of para-hydroxylation sites is 9. The van der Waals surface area contributed by atoms with Crippen LogP contribution in [-0.2, 0) is 0 Å². The molecule has 0 N–H and O–H groups in total. The third kappa shape index (κ3) is 9.30. The number of fused-ring (bicyclic) bond motifs is 19. The van der Waals surface area contributed by atoms with Crippen molar-refractivity contribution in [3.8, 4) is 79.0 Å². The number of rotatable bonds is 10. The summed E-state index contributed by atoms with van der Waals surface area (Å²) < 4.78 is 14.3. The third-order valence-electron chi connectivity index (χ3n) is 23.6. The first-order valence-corrected chi connectivity index (χ1v) is 38.4. The molecule has 24 rings (SSSR count). The van der Waals surface area contributed by atoms with Crippen LogP contribution < -0.4 is 0 Å². The molecule has 0 atom stereocenters. The van der Waals surface area contributed by atoms with Gasteiger partial charge in [0, 0.05) is 92.8 Å². The molecule has 0 spiro atoms. The van der Waals surface area contributed by atoms with E-state index in [9.17, 15) is 0 Å². The Morgan fingerprint density at radius 2 is 0.348 bits per heavy atom. The first-order chi connectivity index (χ1) is 55.5. The zero-order chi connectivity index (χ0) is 73.2. The summed E-state index contributed by atoms with van der Waals surface area (Å²) in [5.41, 5.74) is 27.9. The molecule has 0 aliphatic heterocycles. The molecule has 0 fully saturated rings. The summed E-state index contributed by atoms with van der Waals surface area (Å²) in [7, 11) is 0. The van der Waals surface area contributed by atoms with E-state index in [-0.39, 0.29) is 0 Å². The molecule has 8 heteroatoms. The van der Waals surface area contributed by atoms with Crippen LogP contribution in [0.3, 0.4) is 0 Å². The second-order valence-electron chi connectivity index (χ2n) is 29.6. The fourth-order valence-corrected chi connectivity index (χ4v) is 18.6. The topological polar surface area (TPSA) is 55.4 Å². The summed E-state index contributed by atoms with van der Waals surface area (Å²) in [6.07, 6.45) is 0. The highest BCUT2D eigenvalue weighted by Gasteiger charge is 2.25. The van der Waals surface area contributed by atoms with Crippen molar-refractivity contribution in [2.45, 2.75) is 0 Å². The lowest BCUT2D eigenvalue weighted by molar-refractivity contribution is 0.972. The second kappa shape index (κ2) is 24.2. The molecular formula is C104H64N8. The zero-order valence-electron chi connectivity index (χ0n) is 60.5. The number of hydrogen-bond acceptors (Lipinski definition) is 2. The average Bonchev–Trinajstić information content (AvgIpc) is 1.55. The van der Waals surface area contributed by atoms with Crippen LogP contribution in [0.15, 0.2) is 388 Å². The molecule has 0 saturated carbocycles. The van der Waals surface area contributed by atoms with Crippen molar-refractivity contribution in [2.75, 3.05) is 0 Å². The Kier molecular flexibility index (Phi) is 13.4. The van der Waals surface area contributed by atoms with Crippen LogP contribution in [-0.4, -0.2) is 37.4 Å². The van der Waals surface area contributed by atoms with E-state index in [1.807, 2.05) is 0 Å². The van der Waals surface area contributed by atoms with E-state index >= 15 is 0 Å². The monoisotopic (exact) mass is 1420 g/mol. The van der Waals surface area contributed by atoms with Crippen molar-refractivity contribution < 1.29 is 0 Å². The Morgan fingerprint density at radius 1 is 0.143 bits per heavy atom. The van der Waals surface area contributed by atoms with Gasteiger partial charge in [-0.05, 0) is 226 Å². The van der Waals surface area contributed by atoms with Gasteiger partial charge >= 0.3 is 0 Å². The van der Waals surface area contributed by atoms with E-state index in [4.69, 9.17) is 9.97 Å². The molecule has 17 aromatic carbocycles. The largest absolute Gasteiger partial charge is 0.309 e. The van der Waals surface area contributed by atoms with E-state index < -0.39 is 0 Å². The maximum Gasteiger partial charge on any atom is 0.237 e. The van der Waals surface area contributed by atoms with Gasteiger partial charge in [0.15, 0.2) is 5.82 Å². The fourth-order valence-electron chi connectivity index (χ4n) is 18.6. The predicted octanol–water partition coefficient (Wildman–Crippen LogP) is 26.9. The van der Waals surface area contributed by atoms with E-state index in [0.29, 0.717) is 5.95 Å². The van der Waals surface area contributed by atoms with E-state index in [2.05, 4.69) is 416 Å². The maximum atomic E-state index is 5.98. The van der Waals surface area contributed by atoms with Gasteiger partial charge in [-0.15, -0.1) is 0 Å². The molecule has 0 aliphatic carbocycles. The Hall–Kier alpha value is -15.1. The van der Waals surface area contributed by atoms with Crippen molar-refractivity contribution in [2.24, 2.45) is 0 Å². The van der Waals surface area contributed by atoms with Crippen LogP contribution in [0, 0.1) is 0 Å². The highest BCUT2D eigenvalue weighted by atomic mass is 15.2. The SMILES string of the molecule is c1ccc(-n2c3ccccc3c3cc(-c4ccc5c(c4)c4cc(-c6ccc7c(c6)c6ccccc6n7-c6ccccc6)ccc4n5-c4nc(-n5c6ccc(-c7ccc8c(c7)c7ccccc7n8-c7ccccc7)cc6c6cc(-c7ccc8c(c7)c7ccccc7n8-c7ccccc7)ccc65)c5ccccc5n4)ccc32)cc1. The van der Waals surface area contributed by atoms with Crippen molar-refractivity contribution in [1.29, 1.82) is 0 Å². The van der Waals surface area contributed by atoms with Gasteiger partial charge in [0.25, 0.3) is 0 Å². The molecule has 7 heterocycles. The normalized spacial score (nSPS) is 12.1. The van der Waals surface area contributed by atoms with Gasteiger partial charge in [0.05, 0.1) is 71.7 Å². The molecule has 0 saturated heterocycles. The van der Waals surface area contributed by atoms with Crippen molar-refractivity contribution in [3.05, 3.63) is 388 Å². The van der Waals surface area contributed by atoms with Gasteiger partial charge in [-0.1, -0.05) is 206 Å². The van der Waals surface area contributed by atoms with Gasteiger partial charge in [-0.3, -0.25) is 9.13 Å². The minimum absolute atomic E-state index is 0.577. The highest BCUT2D eigenvalue weighted by molar-refractivity contribution is 6.18. The molecule has 24 aromatic rings. The fraction of sp³-hybridized carbons (Fsp3) is 0. The summed E-state index contributed by atoms with van der Waals surface area (Å²) in [6.45, 7) is 0. The first-order valence-electron chi connectivity index (χ1n) is 38.4. The summed E-state index contributed by atoms with van der Waals surface area (Å²) in [5, 5.41) is 15.1. The van der Waals surface area contributed by atoms with E-state index in [1.54, 1.807) is 0 Å². The quantitative estimate of drug-likeness (QED) is 0.137. The van der Waals surface area contributed by atoms with E-state index in [1.165, 1.54) is 87.2 Å². The number of nitrogens with zero attached hydrogens (tertiary/aromatic N) is 8. The highest BCUT2D eigenvalue weighted by Crippen LogP contribution is 2.46. The average molecular weight is 1430 g/mol.